The van der Waals surface area contributed by atoms with Crippen LogP contribution in [0.25, 0.3) is 0 Å². The maximum Gasteiger partial charge on any atom is 0.139 e. The van der Waals surface area contributed by atoms with Gasteiger partial charge in [-0.15, -0.1) is 0 Å². The Morgan fingerprint density at radius 3 is 2.50 bits per heavy atom. The molecule has 0 aliphatic heterocycles. The number of nitrogens with two attached hydrogens (primary N) is 1. The Hall–Kier alpha value is -0.370. The fraction of sp³-hybridized carbons (Fsp3) is 0.929. The first-order valence-electron chi connectivity index (χ1n) is 7.00. The number of Topliss-reactive ketones (excluding diaryl/α,β-unsaturated/α-hetero) is 1. The lowest BCUT2D eigenvalue weighted by Crippen LogP contribution is -2.28. The molecule has 2 aliphatic carbocycles. The highest BCUT2D eigenvalue weighted by molar-refractivity contribution is 5.83. The van der Waals surface area contributed by atoms with E-state index >= 15 is 0 Å². The summed E-state index contributed by atoms with van der Waals surface area (Å²) in [6.07, 6.45) is 9.19. The van der Waals surface area contributed by atoms with Gasteiger partial charge in [-0.2, -0.15) is 0 Å². The Morgan fingerprint density at radius 2 is 1.88 bits per heavy atom. The van der Waals surface area contributed by atoms with Gasteiger partial charge in [0.1, 0.15) is 5.78 Å². The first kappa shape index (κ1) is 12.1. The fourth-order valence-corrected chi connectivity index (χ4v) is 3.53. The molecule has 0 radical (unpaired) electrons. The van der Waals surface area contributed by atoms with E-state index in [-0.39, 0.29) is 0 Å². The molecule has 2 fully saturated rings. The van der Waals surface area contributed by atoms with Crippen LogP contribution in [0.15, 0.2) is 0 Å². The SMILES string of the molecule is CCC1CCCC(C(=O)C2CCC(N)C2)C1. The minimum atomic E-state index is 0.291. The topological polar surface area (TPSA) is 43.1 Å². The summed E-state index contributed by atoms with van der Waals surface area (Å²) in [7, 11) is 0. The highest BCUT2D eigenvalue weighted by Crippen LogP contribution is 2.36. The molecular formula is C14H25NO. The Labute approximate surface area is 99.0 Å². The summed E-state index contributed by atoms with van der Waals surface area (Å²) in [4.78, 5) is 12.4. The molecule has 2 heteroatoms. The van der Waals surface area contributed by atoms with Gasteiger partial charge in [0.2, 0.25) is 0 Å². The highest BCUT2D eigenvalue weighted by Gasteiger charge is 2.34. The normalized spacial score (nSPS) is 39.9. The van der Waals surface area contributed by atoms with Crippen LogP contribution in [0.4, 0.5) is 0 Å². The molecule has 0 amide bonds. The van der Waals surface area contributed by atoms with Crippen LogP contribution in [0.3, 0.4) is 0 Å². The van der Waals surface area contributed by atoms with Crippen LogP contribution in [0.1, 0.15) is 58.3 Å². The van der Waals surface area contributed by atoms with Gasteiger partial charge in [0.05, 0.1) is 0 Å². The number of hydrogen-bond acceptors (Lipinski definition) is 2. The van der Waals surface area contributed by atoms with E-state index in [1.54, 1.807) is 0 Å². The molecule has 0 heterocycles. The fourth-order valence-electron chi connectivity index (χ4n) is 3.53. The van der Waals surface area contributed by atoms with Crippen LogP contribution in [0.5, 0.6) is 0 Å². The van der Waals surface area contributed by atoms with Gasteiger partial charge in [0.15, 0.2) is 0 Å². The van der Waals surface area contributed by atoms with E-state index in [0.29, 0.717) is 23.7 Å². The van der Waals surface area contributed by atoms with Crippen LogP contribution < -0.4 is 5.73 Å². The molecule has 2 aliphatic rings. The second kappa shape index (κ2) is 5.31. The number of ketones is 1. The molecule has 2 N–H and O–H groups in total. The molecular weight excluding hydrogens is 198 g/mol. The van der Waals surface area contributed by atoms with Gasteiger partial charge in [-0.25, -0.2) is 0 Å². The predicted octanol–water partition coefficient (Wildman–Crippen LogP) is 2.90. The number of carbonyl (C=O) groups is 1. The third-order valence-corrected chi connectivity index (χ3v) is 4.64. The summed E-state index contributed by atoms with van der Waals surface area (Å²) in [6, 6.07) is 0.291. The van der Waals surface area contributed by atoms with Crippen molar-refractivity contribution in [2.45, 2.75) is 64.3 Å². The zero-order valence-electron chi connectivity index (χ0n) is 10.5. The van der Waals surface area contributed by atoms with E-state index in [9.17, 15) is 4.79 Å². The van der Waals surface area contributed by atoms with Gasteiger partial charge < -0.3 is 5.73 Å². The molecule has 92 valence electrons. The van der Waals surface area contributed by atoms with Crippen molar-refractivity contribution in [1.29, 1.82) is 0 Å². The van der Waals surface area contributed by atoms with E-state index in [1.807, 2.05) is 0 Å². The zero-order valence-corrected chi connectivity index (χ0v) is 10.5. The predicted molar refractivity (Wildman–Crippen MR) is 66.1 cm³/mol. The second-order valence-electron chi connectivity index (χ2n) is 5.81. The van der Waals surface area contributed by atoms with Gasteiger partial charge in [0, 0.05) is 17.9 Å². The van der Waals surface area contributed by atoms with Crippen LogP contribution in [0.2, 0.25) is 0 Å². The van der Waals surface area contributed by atoms with E-state index < -0.39 is 0 Å². The number of carbonyl (C=O) groups excluding carboxylic acids is 1. The van der Waals surface area contributed by atoms with Crippen LogP contribution in [-0.4, -0.2) is 11.8 Å². The van der Waals surface area contributed by atoms with Crippen molar-refractivity contribution in [3.05, 3.63) is 0 Å². The van der Waals surface area contributed by atoms with Gasteiger partial charge >= 0.3 is 0 Å². The Morgan fingerprint density at radius 1 is 1.12 bits per heavy atom. The minimum absolute atomic E-state index is 0.291. The van der Waals surface area contributed by atoms with Crippen molar-refractivity contribution < 1.29 is 4.79 Å². The molecule has 2 rings (SSSR count). The molecule has 0 aromatic carbocycles. The Kier molecular flexibility index (Phi) is 4.01. The average Bonchev–Trinajstić information content (AvgIpc) is 2.75. The van der Waals surface area contributed by atoms with Crippen LogP contribution in [-0.2, 0) is 4.79 Å². The van der Waals surface area contributed by atoms with Gasteiger partial charge in [-0.3, -0.25) is 4.79 Å². The molecule has 0 aromatic heterocycles. The smallest absolute Gasteiger partial charge is 0.139 e. The molecule has 4 atom stereocenters. The summed E-state index contributed by atoms with van der Waals surface area (Å²) >= 11 is 0. The van der Waals surface area contributed by atoms with Crippen molar-refractivity contribution in [3.63, 3.8) is 0 Å². The van der Waals surface area contributed by atoms with Crippen molar-refractivity contribution in [2.75, 3.05) is 0 Å². The lowest BCUT2D eigenvalue weighted by Gasteiger charge is -2.29. The van der Waals surface area contributed by atoms with Crippen LogP contribution >= 0.6 is 0 Å². The lowest BCUT2D eigenvalue weighted by molar-refractivity contribution is -0.128. The summed E-state index contributed by atoms with van der Waals surface area (Å²) < 4.78 is 0. The molecule has 16 heavy (non-hydrogen) atoms. The minimum Gasteiger partial charge on any atom is -0.328 e. The maximum absolute atomic E-state index is 12.4. The summed E-state index contributed by atoms with van der Waals surface area (Å²) in [5.41, 5.74) is 5.89. The molecule has 0 bridgehead atoms. The average molecular weight is 223 g/mol. The van der Waals surface area contributed by atoms with Gasteiger partial charge in [-0.05, 0) is 38.0 Å². The number of rotatable bonds is 3. The maximum atomic E-state index is 12.4. The molecule has 2 saturated carbocycles. The monoisotopic (exact) mass is 223 g/mol. The van der Waals surface area contributed by atoms with E-state index in [0.717, 1.165) is 38.0 Å². The van der Waals surface area contributed by atoms with Crippen molar-refractivity contribution in [2.24, 2.45) is 23.5 Å². The number of hydrogen-bond donors (Lipinski definition) is 1. The standard InChI is InChI=1S/C14H25NO/c1-2-10-4-3-5-11(8-10)14(16)12-6-7-13(15)9-12/h10-13H,2-9,15H2,1H3. The third-order valence-electron chi connectivity index (χ3n) is 4.64. The quantitative estimate of drug-likeness (QED) is 0.799. The Balaban J connectivity index is 1.89. The van der Waals surface area contributed by atoms with Gasteiger partial charge in [0.25, 0.3) is 0 Å². The first-order chi connectivity index (χ1) is 7.70. The van der Waals surface area contributed by atoms with Crippen molar-refractivity contribution >= 4 is 5.78 Å². The second-order valence-corrected chi connectivity index (χ2v) is 5.81. The molecule has 0 saturated heterocycles. The largest absolute Gasteiger partial charge is 0.328 e. The summed E-state index contributed by atoms with van der Waals surface area (Å²) in [6.45, 7) is 2.25. The van der Waals surface area contributed by atoms with Crippen molar-refractivity contribution in [1.82, 2.24) is 0 Å². The van der Waals surface area contributed by atoms with Crippen molar-refractivity contribution in [3.8, 4) is 0 Å². The zero-order chi connectivity index (χ0) is 11.5. The summed E-state index contributed by atoms with van der Waals surface area (Å²) in [5, 5.41) is 0. The molecule has 0 spiro atoms. The van der Waals surface area contributed by atoms with Gasteiger partial charge in [-0.1, -0.05) is 26.2 Å². The molecule has 2 nitrogen and oxygen atoms in total. The van der Waals surface area contributed by atoms with E-state index in [4.69, 9.17) is 5.73 Å². The lowest BCUT2D eigenvalue weighted by atomic mass is 9.75. The third kappa shape index (κ3) is 2.65. The van der Waals surface area contributed by atoms with E-state index in [1.165, 1.54) is 19.3 Å². The molecule has 0 aromatic rings. The first-order valence-corrected chi connectivity index (χ1v) is 7.00. The van der Waals surface area contributed by atoms with Crippen LogP contribution in [0, 0.1) is 17.8 Å². The van der Waals surface area contributed by atoms with E-state index in [2.05, 4.69) is 6.92 Å². The molecule has 4 unspecified atom stereocenters. The highest BCUT2D eigenvalue weighted by atomic mass is 16.1. The summed E-state index contributed by atoms with van der Waals surface area (Å²) in [5.74, 6) is 2.02. The Bertz CT molecular complexity index is 251.